The Bertz CT molecular complexity index is 2680. The maximum absolute atomic E-state index is 14.3. The molecule has 0 fully saturated rings. The fourth-order valence-electron chi connectivity index (χ4n) is 8.06. The minimum absolute atomic E-state index is 0. The molecule has 3 atom stereocenters. The van der Waals surface area contributed by atoms with Crippen LogP contribution in [0.25, 0.3) is 32.7 Å². The van der Waals surface area contributed by atoms with Crippen molar-refractivity contribution in [1.29, 1.82) is 0 Å². The molecule has 18 heteroatoms. The second-order valence-electron chi connectivity index (χ2n) is 17.5. The second-order valence-corrected chi connectivity index (χ2v) is 17.5. The van der Waals surface area contributed by atoms with Gasteiger partial charge in [0.05, 0.1) is 19.7 Å². The van der Waals surface area contributed by atoms with Crippen LogP contribution in [0.15, 0.2) is 133 Å². The molecule has 0 saturated carbocycles. The van der Waals surface area contributed by atoms with E-state index in [-0.39, 0.29) is 83.6 Å². The number of halogens is 2. The first-order valence-corrected chi connectivity index (χ1v) is 23.9. The Morgan fingerprint density at radius 2 is 1.10 bits per heavy atom. The van der Waals surface area contributed by atoms with Gasteiger partial charge in [0.2, 0.25) is 11.8 Å². The van der Waals surface area contributed by atoms with E-state index in [9.17, 15) is 19.2 Å². The number of ether oxygens (including phenoxy) is 3. The largest absolute Gasteiger partial charge is 1.00 e. The lowest BCUT2D eigenvalue weighted by Crippen LogP contribution is -3.00. The standard InChI is InChI=1S/C55H65N7O7.2ClH.2H2S/c1-37(2)30-33-67-47-28-26-40-20-9-11-22-42(40)50(47)51-43-23-12-10-21-41(43)27-29-48(51)68-36-49(63)60-44(24-13-14-31-56)52(64)61-45(25-15-32-59-55(57)58)53(65)62-46(34-38-16-5-3-6-17-38)54(66)69-35-39-18-7-4-8-19-39;;;;/h3-12,16-23,26-29,37,44-46H,13-15,24-25,30-36,56H2,1-2H3,(H,60,63)(H,61,64)(H,62,65)(H4,57,58,59);2*1H;2*1H2/t44-,45-,46+;;;;/m1..../s1. The van der Waals surface area contributed by atoms with Gasteiger partial charge in [-0.1, -0.05) is 135 Å². The molecule has 0 radical (unpaired) electrons. The summed E-state index contributed by atoms with van der Waals surface area (Å²) in [5, 5.41) is 12.6. The van der Waals surface area contributed by atoms with Crippen LogP contribution in [0, 0.1) is 5.92 Å². The first kappa shape index (κ1) is 62.9. The zero-order valence-electron chi connectivity index (χ0n) is 41.5. The minimum atomic E-state index is -1.11. The van der Waals surface area contributed by atoms with E-state index < -0.39 is 48.4 Å². The molecule has 0 aliphatic carbocycles. The van der Waals surface area contributed by atoms with Crippen LogP contribution in [0.5, 0.6) is 11.5 Å². The van der Waals surface area contributed by atoms with Gasteiger partial charge in [-0.3, -0.25) is 30.8 Å². The van der Waals surface area contributed by atoms with E-state index in [1.54, 1.807) is 0 Å². The van der Waals surface area contributed by atoms with Crippen molar-refractivity contribution in [3.63, 3.8) is 0 Å². The van der Waals surface area contributed by atoms with Crippen molar-refractivity contribution in [3.05, 3.63) is 145 Å². The molecule has 3 amide bonds. The SMILES string of the molecule is CC(C)CCOc1ccc2ccccc2c1-c1c(OCC(=O)N[C@H](CCCC[NH3+])C(=O)N[C@H](CCC[NH+]=C(N)N)C(=O)N[C@@H](Cc2ccccc2)C(=O)OCc2ccccc2)ccc2ccccc12.S.S.[Cl-].[Cl-]. The number of hydrogen-bond donors (Lipinski definition) is 7. The number of guanidine groups is 1. The molecule has 0 aliphatic heterocycles. The molecule has 6 aromatic rings. The molecule has 0 aromatic heterocycles. The molecule has 73 heavy (non-hydrogen) atoms. The van der Waals surface area contributed by atoms with Gasteiger partial charge >= 0.3 is 11.9 Å². The summed E-state index contributed by atoms with van der Waals surface area (Å²) >= 11 is 0. The van der Waals surface area contributed by atoms with E-state index in [2.05, 4.69) is 52.7 Å². The van der Waals surface area contributed by atoms with Gasteiger partial charge in [0, 0.05) is 17.5 Å². The van der Waals surface area contributed by atoms with Gasteiger partial charge < -0.3 is 60.7 Å². The highest BCUT2D eigenvalue weighted by molar-refractivity contribution is 7.59. The Balaban J connectivity index is 0.00000456. The summed E-state index contributed by atoms with van der Waals surface area (Å²) in [6.45, 7) is 5.41. The topological polar surface area (TPSA) is 226 Å². The number of quaternary nitrogens is 1. The molecule has 14 nitrogen and oxygen atoms in total. The number of carbonyl (C=O) groups excluding carboxylic acids is 4. The third-order valence-corrected chi connectivity index (χ3v) is 11.7. The average molecular weight is 1080 g/mol. The van der Waals surface area contributed by atoms with Crippen LogP contribution >= 0.6 is 27.0 Å². The smallest absolute Gasteiger partial charge is 0.338 e. The Morgan fingerprint density at radius 1 is 0.589 bits per heavy atom. The molecule has 394 valence electrons. The molecule has 0 spiro atoms. The number of carbonyl (C=O) groups is 4. The van der Waals surface area contributed by atoms with Crippen molar-refractivity contribution >= 4 is 78.2 Å². The summed E-state index contributed by atoms with van der Waals surface area (Å²) < 4.78 is 18.6. The van der Waals surface area contributed by atoms with Crippen LogP contribution < -0.4 is 72.4 Å². The number of nitrogens with two attached hydrogens (primary N) is 2. The Morgan fingerprint density at radius 3 is 1.66 bits per heavy atom. The Hall–Kier alpha value is -6.17. The van der Waals surface area contributed by atoms with E-state index in [4.69, 9.17) is 25.7 Å². The molecule has 0 bridgehead atoms. The molecule has 0 unspecified atom stereocenters. The summed E-state index contributed by atoms with van der Waals surface area (Å²) in [5.74, 6) is -0.676. The summed E-state index contributed by atoms with van der Waals surface area (Å²) in [4.78, 5) is 59.1. The first-order valence-electron chi connectivity index (χ1n) is 23.9. The van der Waals surface area contributed by atoms with E-state index >= 15 is 0 Å². The van der Waals surface area contributed by atoms with E-state index in [0.717, 1.165) is 50.2 Å². The van der Waals surface area contributed by atoms with Gasteiger partial charge in [0.25, 0.3) is 5.91 Å². The normalized spacial score (nSPS) is 11.7. The van der Waals surface area contributed by atoms with Crippen LogP contribution in [0.2, 0.25) is 0 Å². The van der Waals surface area contributed by atoms with E-state index in [0.29, 0.717) is 56.4 Å². The highest BCUT2D eigenvalue weighted by atomic mass is 35.5. The molecular formula is C55H71Cl2N7O7S2. The molecule has 0 heterocycles. The predicted octanol–water partition coefficient (Wildman–Crippen LogP) is -1.32. The second kappa shape index (κ2) is 32.8. The van der Waals surface area contributed by atoms with Crippen LogP contribution in [-0.2, 0) is 36.9 Å². The Kier molecular flexibility index (Phi) is 28.3. The number of nitrogens with one attached hydrogen (secondary N) is 4. The summed E-state index contributed by atoms with van der Waals surface area (Å²) in [5.41, 5.74) is 18.5. The van der Waals surface area contributed by atoms with Gasteiger partial charge in [-0.25, -0.2) is 4.79 Å². The van der Waals surface area contributed by atoms with Gasteiger partial charge in [0.1, 0.15) is 36.2 Å². The zero-order valence-corrected chi connectivity index (χ0v) is 45.0. The maximum Gasteiger partial charge on any atom is 0.338 e. The highest BCUT2D eigenvalue weighted by Gasteiger charge is 2.31. The summed E-state index contributed by atoms with van der Waals surface area (Å²) in [7, 11) is 0. The number of fused-ring (bicyclic) bond motifs is 2. The fraction of sp³-hybridized carbons (Fsp3) is 0.327. The minimum Gasteiger partial charge on any atom is -1.00 e. The van der Waals surface area contributed by atoms with Crippen LogP contribution in [0.3, 0.4) is 0 Å². The number of esters is 1. The van der Waals surface area contributed by atoms with E-state index in [1.807, 2.05) is 121 Å². The van der Waals surface area contributed by atoms with Crippen molar-refractivity contribution in [2.45, 2.75) is 83.5 Å². The van der Waals surface area contributed by atoms with Crippen LogP contribution in [0.1, 0.15) is 63.5 Å². The third-order valence-electron chi connectivity index (χ3n) is 11.7. The van der Waals surface area contributed by atoms with Crippen molar-refractivity contribution < 1.29 is 68.9 Å². The van der Waals surface area contributed by atoms with Crippen LogP contribution in [-0.4, -0.2) is 74.1 Å². The van der Waals surface area contributed by atoms with Crippen LogP contribution in [0.4, 0.5) is 0 Å². The molecule has 0 aliphatic rings. The summed E-state index contributed by atoms with van der Waals surface area (Å²) in [6, 6.07) is 39.3. The predicted molar refractivity (Wildman–Crippen MR) is 290 cm³/mol. The molecule has 6 aromatic carbocycles. The lowest BCUT2D eigenvalue weighted by molar-refractivity contribution is -0.459. The lowest BCUT2D eigenvalue weighted by Gasteiger charge is -2.25. The number of benzene rings is 6. The zero-order chi connectivity index (χ0) is 49.0. The van der Waals surface area contributed by atoms with Crippen molar-refractivity contribution in [2.24, 2.45) is 17.4 Å². The number of unbranched alkanes of at least 4 members (excludes halogenated alkanes) is 1. The van der Waals surface area contributed by atoms with Crippen molar-refractivity contribution in [3.8, 4) is 22.6 Å². The van der Waals surface area contributed by atoms with E-state index in [1.165, 1.54) is 0 Å². The van der Waals surface area contributed by atoms with Crippen molar-refractivity contribution in [1.82, 2.24) is 16.0 Å². The Labute approximate surface area is 455 Å². The number of amides is 3. The number of hydrogen-bond acceptors (Lipinski definition) is 7. The van der Waals surface area contributed by atoms with Gasteiger partial charge in [-0.2, -0.15) is 27.0 Å². The quantitative estimate of drug-likeness (QED) is 0.0148. The molecule has 6 rings (SSSR count). The summed E-state index contributed by atoms with van der Waals surface area (Å²) in [6.07, 6.45) is 3.12. The third kappa shape index (κ3) is 19.3. The molecule has 0 saturated heterocycles. The fourth-order valence-corrected chi connectivity index (χ4v) is 8.06. The maximum atomic E-state index is 14.3. The van der Waals surface area contributed by atoms with Gasteiger partial charge in [-0.05, 0) is 89.2 Å². The highest BCUT2D eigenvalue weighted by Crippen LogP contribution is 2.45. The molecule has 11 N–H and O–H groups in total. The van der Waals surface area contributed by atoms with Gasteiger partial charge in [0.15, 0.2) is 6.61 Å². The molecular weight excluding hydrogens is 1010 g/mol. The number of rotatable bonds is 26. The van der Waals surface area contributed by atoms with Gasteiger partial charge in [-0.15, -0.1) is 0 Å². The average Bonchev–Trinajstić information content (AvgIpc) is 3.35. The monoisotopic (exact) mass is 1080 g/mol. The first-order chi connectivity index (χ1) is 33.5. The van der Waals surface area contributed by atoms with Crippen molar-refractivity contribution in [2.75, 3.05) is 26.3 Å². The lowest BCUT2D eigenvalue weighted by atomic mass is 9.92.